The number of hydrogen-bond donors (Lipinski definition) is 1. The van der Waals surface area contributed by atoms with Gasteiger partial charge in [-0.25, -0.2) is 4.99 Å². The molecule has 1 N–H and O–H groups in total. The summed E-state index contributed by atoms with van der Waals surface area (Å²) in [5.41, 5.74) is 1.97. The first-order valence-corrected chi connectivity index (χ1v) is 10.2. The summed E-state index contributed by atoms with van der Waals surface area (Å²) >= 11 is 1.63. The second-order valence-corrected chi connectivity index (χ2v) is 7.89. The van der Waals surface area contributed by atoms with E-state index in [9.17, 15) is 9.90 Å². The van der Waals surface area contributed by atoms with Gasteiger partial charge in [0.25, 0.3) is 0 Å². The molecule has 2 aromatic rings. The van der Waals surface area contributed by atoms with Crippen LogP contribution in [0.25, 0.3) is 0 Å². The first kappa shape index (κ1) is 17.9. The number of aliphatic imine (C=N–C) groups is 1. The standard InChI is InChI=1S/C21H23N3O2S/c1-2-5-20(26)23-10-12-24(13-11-23)21-16-6-3-4-7-18(16)27-19-14-15(25)8-9-17(19)22-21/h3-4,6-9,14,25H,2,5,10-13H2,1H3. The smallest absolute Gasteiger partial charge is 0.222 e. The summed E-state index contributed by atoms with van der Waals surface area (Å²) in [6.07, 6.45) is 1.51. The molecule has 0 aliphatic carbocycles. The van der Waals surface area contributed by atoms with Crippen molar-refractivity contribution in [1.82, 2.24) is 9.80 Å². The van der Waals surface area contributed by atoms with E-state index in [0.717, 1.165) is 59.5 Å². The van der Waals surface area contributed by atoms with Crippen molar-refractivity contribution < 1.29 is 9.90 Å². The average Bonchev–Trinajstić information content (AvgIpc) is 2.84. The molecule has 2 aliphatic rings. The Morgan fingerprint density at radius 2 is 1.89 bits per heavy atom. The molecule has 140 valence electrons. The Morgan fingerprint density at radius 3 is 2.67 bits per heavy atom. The number of amidine groups is 1. The molecule has 0 atom stereocenters. The van der Waals surface area contributed by atoms with Crippen LogP contribution in [0.3, 0.4) is 0 Å². The molecule has 0 bridgehead atoms. The molecule has 0 spiro atoms. The second kappa shape index (κ2) is 7.64. The molecule has 0 aromatic heterocycles. The third kappa shape index (κ3) is 3.67. The number of aromatic hydroxyl groups is 1. The zero-order chi connectivity index (χ0) is 18.8. The van der Waals surface area contributed by atoms with Crippen LogP contribution < -0.4 is 0 Å². The molecule has 1 amide bonds. The Bertz CT molecular complexity index is 889. The number of rotatable bonds is 2. The molecular formula is C21H23N3O2S. The van der Waals surface area contributed by atoms with Crippen LogP contribution in [0.2, 0.25) is 0 Å². The minimum Gasteiger partial charge on any atom is -0.508 e. The highest BCUT2D eigenvalue weighted by Crippen LogP contribution is 2.42. The van der Waals surface area contributed by atoms with Gasteiger partial charge in [-0.15, -0.1) is 0 Å². The summed E-state index contributed by atoms with van der Waals surface area (Å²) in [6.45, 7) is 5.06. The predicted molar refractivity (Wildman–Crippen MR) is 108 cm³/mol. The predicted octanol–water partition coefficient (Wildman–Crippen LogP) is 3.88. The lowest BCUT2D eigenvalue weighted by atomic mass is 10.1. The summed E-state index contributed by atoms with van der Waals surface area (Å²) in [4.78, 5) is 23.5. The molecule has 2 aliphatic heterocycles. The number of amides is 1. The van der Waals surface area contributed by atoms with E-state index in [4.69, 9.17) is 4.99 Å². The van der Waals surface area contributed by atoms with Crippen molar-refractivity contribution in [2.75, 3.05) is 26.2 Å². The van der Waals surface area contributed by atoms with Crippen molar-refractivity contribution in [2.45, 2.75) is 29.6 Å². The van der Waals surface area contributed by atoms with Crippen LogP contribution in [-0.4, -0.2) is 52.8 Å². The molecule has 4 rings (SSSR count). The topological polar surface area (TPSA) is 56.1 Å². The van der Waals surface area contributed by atoms with Gasteiger partial charge in [-0.2, -0.15) is 0 Å². The number of hydrogen-bond acceptors (Lipinski definition) is 5. The molecule has 0 unspecified atom stereocenters. The largest absolute Gasteiger partial charge is 0.508 e. The van der Waals surface area contributed by atoms with Gasteiger partial charge in [-0.1, -0.05) is 36.9 Å². The van der Waals surface area contributed by atoms with Gasteiger partial charge in [0.05, 0.1) is 5.69 Å². The lowest BCUT2D eigenvalue weighted by Gasteiger charge is -2.36. The van der Waals surface area contributed by atoms with E-state index in [1.165, 1.54) is 0 Å². The van der Waals surface area contributed by atoms with Crippen LogP contribution in [-0.2, 0) is 4.79 Å². The average molecular weight is 382 g/mol. The molecule has 6 heteroatoms. The zero-order valence-corrected chi connectivity index (χ0v) is 16.2. The highest BCUT2D eigenvalue weighted by atomic mass is 32.2. The first-order chi connectivity index (χ1) is 13.2. The summed E-state index contributed by atoms with van der Waals surface area (Å²) in [7, 11) is 0. The highest BCUT2D eigenvalue weighted by Gasteiger charge is 2.26. The molecule has 1 fully saturated rings. The number of carbonyl (C=O) groups excluding carboxylic acids is 1. The van der Waals surface area contributed by atoms with E-state index in [1.54, 1.807) is 23.9 Å². The first-order valence-electron chi connectivity index (χ1n) is 9.37. The van der Waals surface area contributed by atoms with Gasteiger partial charge in [0.15, 0.2) is 0 Å². The fourth-order valence-corrected chi connectivity index (χ4v) is 4.54. The maximum atomic E-state index is 12.2. The summed E-state index contributed by atoms with van der Waals surface area (Å²) < 4.78 is 0. The molecule has 27 heavy (non-hydrogen) atoms. The van der Waals surface area contributed by atoms with Gasteiger partial charge in [0.2, 0.25) is 5.91 Å². The van der Waals surface area contributed by atoms with Crippen LogP contribution >= 0.6 is 11.8 Å². The summed E-state index contributed by atoms with van der Waals surface area (Å²) in [6, 6.07) is 13.6. The number of carbonyl (C=O) groups is 1. The molecule has 2 heterocycles. The van der Waals surface area contributed by atoms with E-state index < -0.39 is 0 Å². The Kier molecular flexibility index (Phi) is 5.07. The van der Waals surface area contributed by atoms with Crippen LogP contribution in [0.4, 0.5) is 5.69 Å². The highest BCUT2D eigenvalue weighted by molar-refractivity contribution is 7.99. The molecule has 5 nitrogen and oxygen atoms in total. The molecule has 1 saturated heterocycles. The normalized spacial score (nSPS) is 16.3. The van der Waals surface area contributed by atoms with Crippen molar-refractivity contribution >= 4 is 29.2 Å². The van der Waals surface area contributed by atoms with Crippen LogP contribution in [0.1, 0.15) is 25.3 Å². The van der Waals surface area contributed by atoms with Gasteiger partial charge in [-0.05, 0) is 30.7 Å². The summed E-state index contributed by atoms with van der Waals surface area (Å²) in [5, 5.41) is 9.86. The van der Waals surface area contributed by atoms with E-state index in [-0.39, 0.29) is 11.7 Å². The van der Waals surface area contributed by atoms with E-state index in [0.29, 0.717) is 6.42 Å². The van der Waals surface area contributed by atoms with Gasteiger partial charge >= 0.3 is 0 Å². The number of benzene rings is 2. The number of phenols is 1. The van der Waals surface area contributed by atoms with Gasteiger partial charge in [-0.3, -0.25) is 4.79 Å². The van der Waals surface area contributed by atoms with E-state index in [2.05, 4.69) is 17.0 Å². The minimum absolute atomic E-state index is 0.247. The second-order valence-electron chi connectivity index (χ2n) is 6.80. The Morgan fingerprint density at radius 1 is 1.11 bits per heavy atom. The van der Waals surface area contributed by atoms with Crippen molar-refractivity contribution in [3.63, 3.8) is 0 Å². The molecule has 0 radical (unpaired) electrons. The van der Waals surface area contributed by atoms with Crippen molar-refractivity contribution in [1.29, 1.82) is 0 Å². The SMILES string of the molecule is CCCC(=O)N1CCN(C2=Nc3ccc(O)cc3Sc3ccccc32)CC1. The molecule has 2 aromatic carbocycles. The van der Waals surface area contributed by atoms with Crippen molar-refractivity contribution in [3.8, 4) is 5.75 Å². The van der Waals surface area contributed by atoms with Crippen LogP contribution in [0.15, 0.2) is 57.2 Å². The van der Waals surface area contributed by atoms with Crippen molar-refractivity contribution in [3.05, 3.63) is 48.0 Å². The maximum absolute atomic E-state index is 12.2. The Balaban J connectivity index is 1.65. The Hall–Kier alpha value is -2.47. The number of nitrogens with zero attached hydrogens (tertiary/aromatic N) is 3. The van der Waals surface area contributed by atoms with Crippen LogP contribution in [0.5, 0.6) is 5.75 Å². The number of fused-ring (bicyclic) bond motifs is 2. The van der Waals surface area contributed by atoms with Crippen molar-refractivity contribution in [2.24, 2.45) is 4.99 Å². The van der Waals surface area contributed by atoms with Gasteiger partial charge < -0.3 is 14.9 Å². The lowest BCUT2D eigenvalue weighted by Crippen LogP contribution is -2.50. The van der Waals surface area contributed by atoms with E-state index >= 15 is 0 Å². The quantitative estimate of drug-likeness (QED) is 0.858. The monoisotopic (exact) mass is 381 g/mol. The maximum Gasteiger partial charge on any atom is 0.222 e. The number of phenolic OH excluding ortho intramolecular Hbond substituents is 1. The fraction of sp³-hybridized carbons (Fsp3) is 0.333. The van der Waals surface area contributed by atoms with Gasteiger partial charge in [0.1, 0.15) is 11.6 Å². The van der Waals surface area contributed by atoms with E-state index in [1.807, 2.05) is 30.0 Å². The Labute approximate surface area is 163 Å². The minimum atomic E-state index is 0.247. The third-order valence-corrected chi connectivity index (χ3v) is 6.04. The summed E-state index contributed by atoms with van der Waals surface area (Å²) in [5.74, 6) is 1.45. The van der Waals surface area contributed by atoms with Gasteiger partial charge in [0, 0.05) is 48.0 Å². The third-order valence-electron chi connectivity index (χ3n) is 4.91. The molecule has 0 saturated carbocycles. The molecular weight excluding hydrogens is 358 g/mol. The van der Waals surface area contributed by atoms with Crippen LogP contribution in [0, 0.1) is 0 Å². The zero-order valence-electron chi connectivity index (χ0n) is 15.4. The fourth-order valence-electron chi connectivity index (χ4n) is 3.49. The lowest BCUT2D eigenvalue weighted by molar-refractivity contribution is -0.132. The number of piperazine rings is 1.